The lowest BCUT2D eigenvalue weighted by atomic mass is 9.76. The zero-order valence-corrected chi connectivity index (χ0v) is 19.4. The molecule has 30 heavy (non-hydrogen) atoms. The third-order valence-electron chi connectivity index (χ3n) is 6.03. The summed E-state index contributed by atoms with van der Waals surface area (Å²) in [4.78, 5) is 13.2. The number of nitro benzene ring substituents is 1. The Morgan fingerprint density at radius 2 is 1.90 bits per heavy atom. The highest BCUT2D eigenvalue weighted by atomic mass is 79.9. The van der Waals surface area contributed by atoms with Gasteiger partial charge in [-0.3, -0.25) is 10.1 Å². The van der Waals surface area contributed by atoms with E-state index in [0.29, 0.717) is 20.8 Å². The summed E-state index contributed by atoms with van der Waals surface area (Å²) in [5, 5.41) is 12.4. The first-order valence-electron chi connectivity index (χ1n) is 9.14. The predicted molar refractivity (Wildman–Crippen MR) is 119 cm³/mol. The molecule has 0 saturated heterocycles. The minimum Gasteiger partial charge on any atom is -0.490 e. The van der Waals surface area contributed by atoms with E-state index in [9.17, 15) is 10.1 Å². The number of rotatable bonds is 3. The largest absolute Gasteiger partial charge is 0.490 e. The maximum Gasteiger partial charge on any atom is 0.354 e. The summed E-state index contributed by atoms with van der Waals surface area (Å²) in [6.45, 7) is 4.16. The molecule has 0 radical (unpaired) electrons. The molecule has 0 N–H and O–H groups in total. The van der Waals surface area contributed by atoms with Crippen LogP contribution in [0, 0.1) is 10.1 Å². The van der Waals surface area contributed by atoms with Crippen LogP contribution in [0.5, 0.6) is 17.2 Å². The van der Waals surface area contributed by atoms with Crippen molar-refractivity contribution in [3.05, 3.63) is 55.0 Å². The predicted octanol–water partition coefficient (Wildman–Crippen LogP) is 5.56. The lowest BCUT2D eigenvalue weighted by Gasteiger charge is -2.46. The Morgan fingerprint density at radius 3 is 2.50 bits per heavy atom. The Hall–Kier alpha value is -2.45. The van der Waals surface area contributed by atoms with Crippen LogP contribution in [0.3, 0.4) is 0 Å². The van der Waals surface area contributed by atoms with Crippen LogP contribution in [-0.2, 0) is 5.41 Å². The van der Waals surface area contributed by atoms with Crippen LogP contribution in [0.2, 0.25) is 5.02 Å². The number of halogens is 2. The lowest BCUT2D eigenvalue weighted by molar-refractivity contribution is -0.386. The SMILES string of the molecule is COc1c(Br)c2c(c(OC)c1[N+](=O)[O-])C=CC1(O2)N(C)c2ccc(Cl)cc2C1(C)C. The van der Waals surface area contributed by atoms with Crippen molar-refractivity contribution >= 4 is 45.0 Å². The zero-order valence-electron chi connectivity index (χ0n) is 17.1. The number of fused-ring (bicyclic) bond motifs is 2. The van der Waals surface area contributed by atoms with Gasteiger partial charge in [0.05, 0.1) is 30.1 Å². The summed E-state index contributed by atoms with van der Waals surface area (Å²) in [5.74, 6) is 0.538. The first-order chi connectivity index (χ1) is 14.1. The molecule has 0 bridgehead atoms. The van der Waals surface area contributed by atoms with Gasteiger partial charge in [-0.2, -0.15) is 0 Å². The molecule has 0 aliphatic carbocycles. The number of nitrogens with zero attached hydrogens (tertiary/aromatic N) is 2. The van der Waals surface area contributed by atoms with E-state index in [-0.39, 0.29) is 17.2 Å². The highest BCUT2D eigenvalue weighted by molar-refractivity contribution is 9.10. The molecule has 2 aliphatic rings. The molecule has 1 atom stereocenters. The fraction of sp³-hybridized carbons (Fsp3) is 0.333. The molecular formula is C21H20BrClN2O5. The van der Waals surface area contributed by atoms with Crippen molar-refractivity contribution in [3.8, 4) is 17.2 Å². The average molecular weight is 496 g/mol. The lowest BCUT2D eigenvalue weighted by Crippen LogP contribution is -2.58. The number of benzene rings is 2. The summed E-state index contributed by atoms with van der Waals surface area (Å²) in [6.07, 6.45) is 3.72. The first-order valence-corrected chi connectivity index (χ1v) is 10.3. The molecule has 2 aromatic carbocycles. The second kappa shape index (κ2) is 6.78. The molecule has 1 spiro atoms. The number of anilines is 1. The van der Waals surface area contributed by atoms with E-state index in [1.165, 1.54) is 14.2 Å². The number of hydrogen-bond acceptors (Lipinski definition) is 6. The number of likely N-dealkylation sites (N-methyl/N-ethyl adjacent to an activating group) is 1. The normalized spacial score (nSPS) is 20.6. The summed E-state index contributed by atoms with van der Waals surface area (Å²) in [7, 11) is 4.71. The summed E-state index contributed by atoms with van der Waals surface area (Å²) in [6, 6.07) is 5.76. The van der Waals surface area contributed by atoms with Gasteiger partial charge in [-0.15, -0.1) is 0 Å². The minimum atomic E-state index is -0.887. The van der Waals surface area contributed by atoms with Crippen LogP contribution in [0.15, 0.2) is 28.7 Å². The van der Waals surface area contributed by atoms with Crippen molar-refractivity contribution in [2.45, 2.75) is 25.0 Å². The Bertz CT molecular complexity index is 1120. The van der Waals surface area contributed by atoms with E-state index >= 15 is 0 Å². The van der Waals surface area contributed by atoms with Gasteiger partial charge in [0.2, 0.25) is 17.2 Å². The fourth-order valence-corrected chi connectivity index (χ4v) is 5.28. The van der Waals surface area contributed by atoms with Gasteiger partial charge < -0.3 is 19.1 Å². The monoisotopic (exact) mass is 494 g/mol. The molecule has 158 valence electrons. The molecule has 2 aromatic rings. The summed E-state index contributed by atoms with van der Waals surface area (Å²) < 4.78 is 17.8. The van der Waals surface area contributed by atoms with Crippen molar-refractivity contribution in [3.63, 3.8) is 0 Å². The van der Waals surface area contributed by atoms with Crippen molar-refractivity contribution in [2.75, 3.05) is 26.2 Å². The third kappa shape index (κ3) is 2.50. The van der Waals surface area contributed by atoms with E-state index in [0.717, 1.165) is 11.3 Å². The smallest absolute Gasteiger partial charge is 0.354 e. The molecule has 2 heterocycles. The molecule has 0 aromatic heterocycles. The van der Waals surface area contributed by atoms with E-state index in [4.69, 9.17) is 25.8 Å². The molecular weight excluding hydrogens is 476 g/mol. The maximum absolute atomic E-state index is 11.7. The average Bonchev–Trinajstić information content (AvgIpc) is 2.86. The second-order valence-corrected chi connectivity index (χ2v) is 8.94. The Balaban J connectivity index is 1.97. The molecule has 9 heteroatoms. The third-order valence-corrected chi connectivity index (χ3v) is 6.98. The van der Waals surface area contributed by atoms with Crippen LogP contribution in [0.1, 0.15) is 25.0 Å². The van der Waals surface area contributed by atoms with Gasteiger partial charge in [0, 0.05) is 17.8 Å². The van der Waals surface area contributed by atoms with E-state index < -0.39 is 16.1 Å². The maximum atomic E-state index is 11.7. The number of hydrogen-bond donors (Lipinski definition) is 0. The van der Waals surface area contributed by atoms with E-state index in [2.05, 4.69) is 29.8 Å². The molecule has 0 saturated carbocycles. The zero-order chi connectivity index (χ0) is 22.0. The van der Waals surface area contributed by atoms with Gasteiger partial charge in [-0.1, -0.05) is 11.6 Å². The molecule has 1 unspecified atom stereocenters. The Labute approximate surface area is 187 Å². The quantitative estimate of drug-likeness (QED) is 0.410. The van der Waals surface area contributed by atoms with Gasteiger partial charge in [0.15, 0.2) is 5.75 Å². The topological polar surface area (TPSA) is 74.1 Å². The fourth-order valence-electron chi connectivity index (χ4n) is 4.46. The standard InChI is InChI=1S/C21H20BrClN2O5/c1-20(2)13-10-11(23)6-7-14(13)24(3)21(20)9-8-12-17(30-21)15(22)19(29-5)16(25(26)27)18(12)28-4/h6-10H,1-5H3. The number of methoxy groups -OCH3 is 2. The Morgan fingerprint density at radius 1 is 1.23 bits per heavy atom. The van der Waals surface area contributed by atoms with Crippen molar-refractivity contribution in [1.29, 1.82) is 0 Å². The number of ether oxygens (including phenoxy) is 3. The van der Waals surface area contributed by atoms with E-state index in [1.54, 1.807) is 6.08 Å². The van der Waals surface area contributed by atoms with Crippen LogP contribution in [0.4, 0.5) is 11.4 Å². The van der Waals surface area contributed by atoms with Crippen molar-refractivity contribution < 1.29 is 19.1 Å². The Kier molecular flexibility index (Phi) is 4.70. The minimum absolute atomic E-state index is 0.0417. The number of nitro groups is 1. The van der Waals surface area contributed by atoms with Crippen LogP contribution >= 0.6 is 27.5 Å². The van der Waals surface area contributed by atoms with Crippen LogP contribution in [-0.4, -0.2) is 31.9 Å². The second-order valence-electron chi connectivity index (χ2n) is 7.71. The molecule has 4 rings (SSSR count). The van der Waals surface area contributed by atoms with E-state index in [1.807, 2.05) is 36.2 Å². The van der Waals surface area contributed by atoms with Crippen molar-refractivity contribution in [1.82, 2.24) is 0 Å². The highest BCUT2D eigenvalue weighted by Gasteiger charge is 2.58. The van der Waals surface area contributed by atoms with Crippen LogP contribution < -0.4 is 19.1 Å². The molecule has 0 amide bonds. The van der Waals surface area contributed by atoms with Gasteiger partial charge in [-0.25, -0.2) is 0 Å². The highest BCUT2D eigenvalue weighted by Crippen LogP contribution is 2.59. The van der Waals surface area contributed by atoms with Gasteiger partial charge in [-0.05, 0) is 65.7 Å². The van der Waals surface area contributed by atoms with Crippen LogP contribution in [0.25, 0.3) is 6.08 Å². The molecule has 7 nitrogen and oxygen atoms in total. The first kappa shape index (κ1) is 20.8. The van der Waals surface area contributed by atoms with Crippen molar-refractivity contribution in [2.24, 2.45) is 0 Å². The van der Waals surface area contributed by atoms with Gasteiger partial charge in [0.1, 0.15) is 4.47 Å². The molecule has 2 aliphatic heterocycles. The van der Waals surface area contributed by atoms with Gasteiger partial charge >= 0.3 is 5.69 Å². The molecule has 0 fully saturated rings. The van der Waals surface area contributed by atoms with Gasteiger partial charge in [0.25, 0.3) is 0 Å². The summed E-state index contributed by atoms with van der Waals surface area (Å²) in [5.41, 5.74) is 0.876. The summed E-state index contributed by atoms with van der Waals surface area (Å²) >= 11 is 9.74.